The maximum absolute atomic E-state index is 13.9. The van der Waals surface area contributed by atoms with Crippen LogP contribution in [0.15, 0.2) is 41.4 Å². The molecule has 0 radical (unpaired) electrons. The van der Waals surface area contributed by atoms with Gasteiger partial charge in [0.05, 0.1) is 20.8 Å². The van der Waals surface area contributed by atoms with Crippen LogP contribution in [0.3, 0.4) is 0 Å². The molecule has 0 aliphatic rings. The van der Waals surface area contributed by atoms with E-state index >= 15 is 0 Å². The lowest BCUT2D eigenvalue weighted by molar-refractivity contribution is 0.321. The van der Waals surface area contributed by atoms with E-state index in [4.69, 9.17) is 14.2 Å². The Morgan fingerprint density at radius 2 is 1.66 bits per heavy atom. The van der Waals surface area contributed by atoms with Crippen LogP contribution in [0.5, 0.6) is 17.2 Å². The van der Waals surface area contributed by atoms with Crippen molar-refractivity contribution in [2.75, 3.05) is 34.4 Å². The van der Waals surface area contributed by atoms with Crippen molar-refractivity contribution in [3.05, 3.63) is 53.3 Å². The first kappa shape index (κ1) is 24.8. The maximum Gasteiger partial charge on any atom is 0.191 e. The topological polar surface area (TPSA) is 64.1 Å². The molecule has 0 heterocycles. The Kier molecular flexibility index (Phi) is 11.2. The van der Waals surface area contributed by atoms with Crippen molar-refractivity contribution < 1.29 is 18.6 Å². The molecule has 2 rings (SSSR count). The fourth-order valence-corrected chi connectivity index (χ4v) is 2.69. The standard InChI is InChI=1S/C21H28FN3O3.HI/c1-5-28-18-8-7-16(12-17(18)22)14-25-21(23-2)24-11-10-15-6-9-19(26-3)20(13-15)27-4;/h6-9,12-13H,5,10-11,14H2,1-4H3,(H2,23,24,25);1H. The van der Waals surface area contributed by atoms with Gasteiger partial charge in [-0.05, 0) is 48.7 Å². The summed E-state index contributed by atoms with van der Waals surface area (Å²) < 4.78 is 29.7. The van der Waals surface area contributed by atoms with Crippen LogP contribution in [0.4, 0.5) is 4.39 Å². The molecular weight excluding hydrogens is 488 g/mol. The van der Waals surface area contributed by atoms with Gasteiger partial charge in [-0.1, -0.05) is 12.1 Å². The molecule has 29 heavy (non-hydrogen) atoms. The van der Waals surface area contributed by atoms with E-state index in [0.29, 0.717) is 37.2 Å². The zero-order valence-electron chi connectivity index (χ0n) is 17.3. The van der Waals surface area contributed by atoms with Crippen molar-refractivity contribution in [1.82, 2.24) is 10.6 Å². The second-order valence-electron chi connectivity index (χ2n) is 5.99. The molecule has 0 aliphatic carbocycles. The molecule has 160 valence electrons. The largest absolute Gasteiger partial charge is 0.493 e. The quantitative estimate of drug-likeness (QED) is 0.301. The van der Waals surface area contributed by atoms with Gasteiger partial charge in [-0.3, -0.25) is 4.99 Å². The number of hydrogen-bond acceptors (Lipinski definition) is 4. The molecular formula is C21H29FIN3O3. The molecule has 0 atom stereocenters. The number of aliphatic imine (C=N–C) groups is 1. The highest BCUT2D eigenvalue weighted by atomic mass is 127. The van der Waals surface area contributed by atoms with Gasteiger partial charge in [0, 0.05) is 20.1 Å². The Bertz CT molecular complexity index is 803. The first-order chi connectivity index (χ1) is 13.6. The number of benzene rings is 2. The summed E-state index contributed by atoms with van der Waals surface area (Å²) in [6.07, 6.45) is 0.790. The van der Waals surface area contributed by atoms with Crippen LogP contribution in [0.2, 0.25) is 0 Å². The predicted octanol–water partition coefficient (Wildman–Crippen LogP) is 3.77. The number of halogens is 2. The van der Waals surface area contributed by atoms with Crippen molar-refractivity contribution in [2.24, 2.45) is 4.99 Å². The van der Waals surface area contributed by atoms with Crippen molar-refractivity contribution in [3.8, 4) is 17.2 Å². The van der Waals surface area contributed by atoms with E-state index in [1.54, 1.807) is 27.3 Å². The first-order valence-corrected chi connectivity index (χ1v) is 9.17. The zero-order chi connectivity index (χ0) is 20.4. The molecule has 2 aromatic rings. The number of methoxy groups -OCH3 is 2. The molecule has 0 aromatic heterocycles. The molecule has 0 fully saturated rings. The predicted molar refractivity (Wildman–Crippen MR) is 124 cm³/mol. The summed E-state index contributed by atoms with van der Waals surface area (Å²) in [5, 5.41) is 6.43. The van der Waals surface area contributed by atoms with Crippen LogP contribution in [0.25, 0.3) is 0 Å². The van der Waals surface area contributed by atoms with Gasteiger partial charge < -0.3 is 24.8 Å². The van der Waals surface area contributed by atoms with Gasteiger partial charge in [0.25, 0.3) is 0 Å². The minimum atomic E-state index is -0.363. The van der Waals surface area contributed by atoms with E-state index in [2.05, 4.69) is 15.6 Å². The monoisotopic (exact) mass is 517 g/mol. The average molecular weight is 517 g/mol. The summed E-state index contributed by atoms with van der Waals surface area (Å²) in [4.78, 5) is 4.20. The number of rotatable bonds is 9. The van der Waals surface area contributed by atoms with E-state index in [9.17, 15) is 4.39 Å². The third-order valence-electron chi connectivity index (χ3n) is 4.13. The fraction of sp³-hybridized carbons (Fsp3) is 0.381. The molecule has 0 amide bonds. The Morgan fingerprint density at radius 1 is 0.966 bits per heavy atom. The van der Waals surface area contributed by atoms with Crippen molar-refractivity contribution in [1.29, 1.82) is 0 Å². The average Bonchev–Trinajstić information content (AvgIpc) is 2.72. The van der Waals surface area contributed by atoms with E-state index in [1.165, 1.54) is 6.07 Å². The Balaban J connectivity index is 0.00000420. The second-order valence-corrected chi connectivity index (χ2v) is 5.99. The molecule has 0 saturated carbocycles. The number of nitrogens with one attached hydrogen (secondary N) is 2. The van der Waals surface area contributed by atoms with Gasteiger partial charge in [-0.15, -0.1) is 24.0 Å². The minimum absolute atomic E-state index is 0. The summed E-state index contributed by atoms with van der Waals surface area (Å²) in [5.74, 6) is 1.97. The van der Waals surface area contributed by atoms with Gasteiger partial charge in [0.2, 0.25) is 0 Å². The van der Waals surface area contributed by atoms with Gasteiger partial charge in [-0.25, -0.2) is 4.39 Å². The smallest absolute Gasteiger partial charge is 0.191 e. The van der Waals surface area contributed by atoms with Gasteiger partial charge >= 0.3 is 0 Å². The Hall–Kier alpha value is -2.23. The number of ether oxygens (including phenoxy) is 3. The maximum atomic E-state index is 13.9. The van der Waals surface area contributed by atoms with Gasteiger partial charge in [-0.2, -0.15) is 0 Å². The molecule has 2 aromatic carbocycles. The Labute approximate surface area is 188 Å². The minimum Gasteiger partial charge on any atom is -0.493 e. The first-order valence-electron chi connectivity index (χ1n) is 9.17. The van der Waals surface area contributed by atoms with Crippen molar-refractivity contribution in [3.63, 3.8) is 0 Å². The molecule has 0 aliphatic heterocycles. The van der Waals surface area contributed by atoms with Gasteiger partial charge in [0.1, 0.15) is 0 Å². The fourth-order valence-electron chi connectivity index (χ4n) is 2.69. The van der Waals surface area contributed by atoms with E-state index in [1.807, 2.05) is 31.2 Å². The second kappa shape index (κ2) is 13.1. The van der Waals surface area contributed by atoms with E-state index in [-0.39, 0.29) is 35.5 Å². The molecule has 2 N–H and O–H groups in total. The highest BCUT2D eigenvalue weighted by molar-refractivity contribution is 14.0. The molecule has 0 unspecified atom stereocenters. The lowest BCUT2D eigenvalue weighted by Gasteiger charge is -2.13. The van der Waals surface area contributed by atoms with E-state index < -0.39 is 0 Å². The van der Waals surface area contributed by atoms with Gasteiger partial charge in [0.15, 0.2) is 29.0 Å². The van der Waals surface area contributed by atoms with Crippen LogP contribution in [0, 0.1) is 5.82 Å². The molecule has 6 nitrogen and oxygen atoms in total. The molecule has 0 bridgehead atoms. The van der Waals surface area contributed by atoms with Crippen LogP contribution < -0.4 is 24.8 Å². The summed E-state index contributed by atoms with van der Waals surface area (Å²) in [5.41, 5.74) is 1.93. The highest BCUT2D eigenvalue weighted by Crippen LogP contribution is 2.27. The van der Waals surface area contributed by atoms with Crippen LogP contribution in [0.1, 0.15) is 18.1 Å². The number of guanidine groups is 1. The third kappa shape index (κ3) is 7.60. The molecule has 0 saturated heterocycles. The van der Waals surface area contributed by atoms with Crippen molar-refractivity contribution in [2.45, 2.75) is 19.9 Å². The van der Waals surface area contributed by atoms with Crippen molar-refractivity contribution >= 4 is 29.9 Å². The zero-order valence-corrected chi connectivity index (χ0v) is 19.6. The Morgan fingerprint density at radius 3 is 2.28 bits per heavy atom. The normalized spacial score (nSPS) is 10.7. The van der Waals surface area contributed by atoms with Crippen LogP contribution in [-0.4, -0.2) is 40.4 Å². The number of hydrogen-bond donors (Lipinski definition) is 2. The lowest BCUT2D eigenvalue weighted by atomic mass is 10.1. The molecule has 8 heteroatoms. The summed E-state index contributed by atoms with van der Waals surface area (Å²) in [7, 11) is 4.94. The number of nitrogens with zero attached hydrogens (tertiary/aromatic N) is 1. The highest BCUT2D eigenvalue weighted by Gasteiger charge is 2.06. The molecule has 0 spiro atoms. The summed E-state index contributed by atoms with van der Waals surface area (Å²) in [6.45, 7) is 3.41. The van der Waals surface area contributed by atoms with Crippen LogP contribution >= 0.6 is 24.0 Å². The lowest BCUT2D eigenvalue weighted by Crippen LogP contribution is -2.37. The SMILES string of the molecule is CCOc1ccc(CNC(=NC)NCCc2ccc(OC)c(OC)c2)cc1F.I. The third-order valence-corrected chi connectivity index (χ3v) is 4.13. The van der Waals surface area contributed by atoms with E-state index in [0.717, 1.165) is 17.5 Å². The van der Waals surface area contributed by atoms with Crippen LogP contribution in [-0.2, 0) is 13.0 Å². The summed E-state index contributed by atoms with van der Waals surface area (Å²) in [6, 6.07) is 10.8. The summed E-state index contributed by atoms with van der Waals surface area (Å²) >= 11 is 0.